The Kier molecular flexibility index (Phi) is 3.68. The maximum absolute atomic E-state index is 12.6. The fourth-order valence-corrected chi connectivity index (χ4v) is 5.21. The molecule has 1 aromatic carbocycles. The second-order valence-corrected chi connectivity index (χ2v) is 7.36. The van der Waals surface area contributed by atoms with Crippen molar-refractivity contribution in [2.45, 2.75) is 44.6 Å². The van der Waals surface area contributed by atoms with E-state index in [1.54, 1.807) is 0 Å². The molecule has 2 aromatic rings. The average molecular weight is 326 g/mol. The van der Waals surface area contributed by atoms with Crippen LogP contribution in [0.4, 0.5) is 0 Å². The number of carbonyl (C=O) groups excluding carboxylic acids is 1. The average Bonchev–Trinajstić information content (AvgIpc) is 2.94. The van der Waals surface area contributed by atoms with Gasteiger partial charge in [0, 0.05) is 29.7 Å². The van der Waals surface area contributed by atoms with Gasteiger partial charge in [0.2, 0.25) is 0 Å². The summed E-state index contributed by atoms with van der Waals surface area (Å²) < 4.78 is 7.40. The van der Waals surface area contributed by atoms with E-state index in [0.29, 0.717) is 6.04 Å². The van der Waals surface area contributed by atoms with Crippen LogP contribution in [0, 0.1) is 5.41 Å². The molecule has 0 bridgehead atoms. The summed E-state index contributed by atoms with van der Waals surface area (Å²) in [7, 11) is 3.59. The number of nitrogens with zero attached hydrogens (tertiary/aromatic N) is 1. The van der Waals surface area contributed by atoms with Crippen LogP contribution in [-0.2, 0) is 16.6 Å². The standard InChI is InChI=1S/C20H26N2O2/c1-4-20-10-7-11-21-18(20)16-13-8-5-6-9-15(13)22(2)17(16)14(12-20)19(23)24-3/h5-6,8-9,14,18,21H,4,7,10-12H2,1-3H3/t14-,18+,20+/m1/s1. The van der Waals surface area contributed by atoms with Crippen LogP contribution >= 0.6 is 0 Å². The molecule has 0 unspecified atom stereocenters. The van der Waals surface area contributed by atoms with Crippen molar-refractivity contribution in [3.63, 3.8) is 0 Å². The van der Waals surface area contributed by atoms with Crippen molar-refractivity contribution in [2.75, 3.05) is 13.7 Å². The molecule has 0 spiro atoms. The number of esters is 1. The predicted molar refractivity (Wildman–Crippen MR) is 95.0 cm³/mol. The summed E-state index contributed by atoms with van der Waals surface area (Å²) in [5, 5.41) is 5.07. The molecule has 2 aliphatic rings. The molecule has 0 saturated carbocycles. The lowest BCUT2D eigenvalue weighted by Gasteiger charge is -2.49. The molecule has 1 N–H and O–H groups in total. The minimum Gasteiger partial charge on any atom is -0.469 e. The number of piperidine rings is 1. The second kappa shape index (κ2) is 5.62. The van der Waals surface area contributed by atoms with Gasteiger partial charge in [0.25, 0.3) is 0 Å². The Morgan fingerprint density at radius 2 is 2.21 bits per heavy atom. The predicted octanol–water partition coefficient (Wildman–Crippen LogP) is 3.66. The van der Waals surface area contributed by atoms with Crippen molar-refractivity contribution >= 4 is 16.9 Å². The topological polar surface area (TPSA) is 43.3 Å². The van der Waals surface area contributed by atoms with E-state index in [2.05, 4.69) is 48.1 Å². The molecule has 2 heterocycles. The molecule has 4 nitrogen and oxygen atoms in total. The Bertz CT molecular complexity index is 794. The number of hydrogen-bond acceptors (Lipinski definition) is 3. The third-order valence-corrected chi connectivity index (χ3v) is 6.42. The highest BCUT2D eigenvalue weighted by Gasteiger charge is 2.50. The molecule has 0 amide bonds. The van der Waals surface area contributed by atoms with Gasteiger partial charge in [-0.1, -0.05) is 25.1 Å². The van der Waals surface area contributed by atoms with E-state index in [0.717, 1.165) is 25.1 Å². The number of para-hydroxylation sites is 1. The van der Waals surface area contributed by atoms with E-state index in [1.807, 2.05) is 0 Å². The molecule has 0 radical (unpaired) electrons. The summed E-state index contributed by atoms with van der Waals surface area (Å²) in [6, 6.07) is 8.85. The highest BCUT2D eigenvalue weighted by molar-refractivity contribution is 5.90. The van der Waals surface area contributed by atoms with Crippen molar-refractivity contribution in [1.82, 2.24) is 9.88 Å². The molecule has 1 saturated heterocycles. The van der Waals surface area contributed by atoms with Gasteiger partial charge in [0.15, 0.2) is 0 Å². The van der Waals surface area contributed by atoms with Gasteiger partial charge in [-0.25, -0.2) is 0 Å². The molecule has 3 atom stereocenters. The summed E-state index contributed by atoms with van der Waals surface area (Å²) in [5.41, 5.74) is 3.83. The number of benzene rings is 1. The number of hydrogen-bond donors (Lipinski definition) is 1. The van der Waals surface area contributed by atoms with Gasteiger partial charge in [-0.2, -0.15) is 0 Å². The third kappa shape index (κ3) is 1.99. The highest BCUT2D eigenvalue weighted by Crippen LogP contribution is 2.57. The maximum Gasteiger partial charge on any atom is 0.314 e. The Balaban J connectivity index is 2.02. The fourth-order valence-electron chi connectivity index (χ4n) is 5.21. The van der Waals surface area contributed by atoms with Crippen molar-refractivity contribution in [3.05, 3.63) is 35.5 Å². The lowest BCUT2D eigenvalue weighted by atomic mass is 9.60. The van der Waals surface area contributed by atoms with Crippen LogP contribution in [-0.4, -0.2) is 24.2 Å². The van der Waals surface area contributed by atoms with Crippen LogP contribution in [0.5, 0.6) is 0 Å². The molecule has 128 valence electrons. The molecular weight excluding hydrogens is 300 g/mol. The third-order valence-electron chi connectivity index (χ3n) is 6.42. The van der Waals surface area contributed by atoms with E-state index in [-0.39, 0.29) is 17.3 Å². The molecular formula is C20H26N2O2. The van der Waals surface area contributed by atoms with E-state index < -0.39 is 0 Å². The Morgan fingerprint density at radius 3 is 2.96 bits per heavy atom. The number of fused-ring (bicyclic) bond motifs is 5. The van der Waals surface area contributed by atoms with Crippen LogP contribution < -0.4 is 5.32 Å². The first-order valence-electron chi connectivity index (χ1n) is 9.01. The summed E-state index contributed by atoms with van der Waals surface area (Å²) >= 11 is 0. The Morgan fingerprint density at radius 1 is 1.42 bits per heavy atom. The van der Waals surface area contributed by atoms with Crippen molar-refractivity contribution < 1.29 is 9.53 Å². The molecule has 1 aliphatic carbocycles. The summed E-state index contributed by atoms with van der Waals surface area (Å²) in [5.74, 6) is -0.266. The van der Waals surface area contributed by atoms with Crippen LogP contribution in [0.25, 0.3) is 10.9 Å². The number of carbonyl (C=O) groups is 1. The van der Waals surface area contributed by atoms with Crippen LogP contribution in [0.2, 0.25) is 0 Å². The minimum atomic E-state index is -0.168. The van der Waals surface area contributed by atoms with Gasteiger partial charge in [0.05, 0.1) is 13.0 Å². The molecule has 1 aromatic heterocycles. The summed E-state index contributed by atoms with van der Waals surface area (Å²) in [6.07, 6.45) is 4.32. The second-order valence-electron chi connectivity index (χ2n) is 7.36. The number of rotatable bonds is 2. The van der Waals surface area contributed by atoms with E-state index in [4.69, 9.17) is 4.74 Å². The number of nitrogens with one attached hydrogen (secondary N) is 1. The molecule has 1 aliphatic heterocycles. The Labute approximate surface area is 143 Å². The van der Waals surface area contributed by atoms with Crippen molar-refractivity contribution in [2.24, 2.45) is 12.5 Å². The lowest BCUT2D eigenvalue weighted by molar-refractivity contribution is -0.144. The first-order chi connectivity index (χ1) is 11.6. The van der Waals surface area contributed by atoms with Gasteiger partial charge in [-0.05, 0) is 49.3 Å². The zero-order valence-corrected chi connectivity index (χ0v) is 14.8. The quantitative estimate of drug-likeness (QED) is 0.857. The first-order valence-corrected chi connectivity index (χ1v) is 9.01. The van der Waals surface area contributed by atoms with E-state index in [9.17, 15) is 4.79 Å². The van der Waals surface area contributed by atoms with Crippen LogP contribution in [0.1, 0.15) is 55.8 Å². The first kappa shape index (κ1) is 15.7. The highest BCUT2D eigenvalue weighted by atomic mass is 16.5. The molecule has 4 heteroatoms. The van der Waals surface area contributed by atoms with Gasteiger partial charge in [0.1, 0.15) is 0 Å². The van der Waals surface area contributed by atoms with Crippen molar-refractivity contribution in [3.8, 4) is 0 Å². The number of aryl methyl sites for hydroxylation is 1. The van der Waals surface area contributed by atoms with E-state index in [1.165, 1.54) is 36.4 Å². The zero-order valence-electron chi connectivity index (χ0n) is 14.8. The maximum atomic E-state index is 12.6. The molecule has 4 rings (SSSR count). The van der Waals surface area contributed by atoms with Crippen LogP contribution in [0.15, 0.2) is 24.3 Å². The number of methoxy groups -OCH3 is 1. The largest absolute Gasteiger partial charge is 0.469 e. The van der Waals surface area contributed by atoms with Gasteiger partial charge < -0.3 is 14.6 Å². The van der Waals surface area contributed by atoms with Crippen LogP contribution in [0.3, 0.4) is 0 Å². The normalized spacial score (nSPS) is 29.1. The van der Waals surface area contributed by atoms with Gasteiger partial charge >= 0.3 is 5.97 Å². The zero-order chi connectivity index (χ0) is 16.9. The van der Waals surface area contributed by atoms with E-state index >= 15 is 0 Å². The smallest absolute Gasteiger partial charge is 0.314 e. The minimum absolute atomic E-state index is 0.0981. The lowest BCUT2D eigenvalue weighted by Crippen LogP contribution is -2.48. The molecule has 24 heavy (non-hydrogen) atoms. The van der Waals surface area contributed by atoms with Gasteiger partial charge in [-0.15, -0.1) is 0 Å². The fraction of sp³-hybridized carbons (Fsp3) is 0.550. The molecule has 1 fully saturated rings. The van der Waals surface area contributed by atoms with Crippen molar-refractivity contribution in [1.29, 1.82) is 0 Å². The number of aromatic nitrogens is 1. The summed E-state index contributed by atoms with van der Waals surface area (Å²) in [4.78, 5) is 12.6. The number of ether oxygens (including phenoxy) is 1. The SMILES string of the molecule is CC[C@@]12CCCN[C@H]1c1c(n(C)c3ccccc13)[C@H](C(=O)OC)C2. The monoisotopic (exact) mass is 326 g/mol. The van der Waals surface area contributed by atoms with Gasteiger partial charge in [-0.3, -0.25) is 4.79 Å². The Hall–Kier alpha value is -1.81. The summed E-state index contributed by atoms with van der Waals surface area (Å²) in [6.45, 7) is 3.32.